The average molecular weight is 481 g/mol. The molecular formula is C24H51NO6P+. The van der Waals surface area contributed by atoms with Gasteiger partial charge in [-0.2, -0.15) is 0 Å². The van der Waals surface area contributed by atoms with Crippen LogP contribution in [0.3, 0.4) is 0 Å². The summed E-state index contributed by atoms with van der Waals surface area (Å²) in [6.45, 7) is 3.15. The standard InChI is InChI=1S/C24H50NO6P/c1-5-6-7-8-9-10-11-12-13-14-15-16-17-18-20-29-23-24(22-26)31-32(27,28)30-21-19-25(2,3)4/h8-9,24,26H,5-7,10-23H2,1-4H3/p+1/t24-/m0/s1. The Morgan fingerprint density at radius 1 is 0.875 bits per heavy atom. The van der Waals surface area contributed by atoms with Gasteiger partial charge >= 0.3 is 7.82 Å². The molecule has 0 aliphatic rings. The summed E-state index contributed by atoms with van der Waals surface area (Å²) in [7, 11) is 1.70. The Morgan fingerprint density at radius 2 is 1.44 bits per heavy atom. The number of unbranched alkanes of at least 4 members (excludes halogenated alkanes) is 10. The first-order chi connectivity index (χ1) is 15.2. The Labute approximate surface area is 197 Å². The third-order valence-electron chi connectivity index (χ3n) is 5.11. The van der Waals surface area contributed by atoms with Gasteiger partial charge < -0.3 is 19.2 Å². The van der Waals surface area contributed by atoms with Gasteiger partial charge in [-0.1, -0.05) is 70.4 Å². The second kappa shape index (κ2) is 20.1. The zero-order valence-corrected chi connectivity index (χ0v) is 22.1. The van der Waals surface area contributed by atoms with Gasteiger partial charge in [0, 0.05) is 6.61 Å². The van der Waals surface area contributed by atoms with E-state index in [9.17, 15) is 14.6 Å². The minimum absolute atomic E-state index is 0.0760. The van der Waals surface area contributed by atoms with E-state index in [2.05, 4.69) is 19.1 Å². The first-order valence-corrected chi connectivity index (χ1v) is 14.0. The molecule has 0 aromatic heterocycles. The molecule has 8 heteroatoms. The molecule has 0 saturated heterocycles. The zero-order chi connectivity index (χ0) is 24.1. The van der Waals surface area contributed by atoms with Crippen LogP contribution < -0.4 is 0 Å². The number of aliphatic hydroxyl groups is 1. The molecule has 0 fully saturated rings. The lowest BCUT2D eigenvalue weighted by atomic mass is 10.1. The fourth-order valence-electron chi connectivity index (χ4n) is 3.06. The zero-order valence-electron chi connectivity index (χ0n) is 21.2. The highest BCUT2D eigenvalue weighted by Crippen LogP contribution is 2.44. The fraction of sp³-hybridized carbons (Fsp3) is 0.917. The molecule has 192 valence electrons. The molecule has 0 rings (SSSR count). The summed E-state index contributed by atoms with van der Waals surface area (Å²) in [4.78, 5) is 9.78. The molecule has 0 saturated carbocycles. The number of ether oxygens (including phenoxy) is 1. The van der Waals surface area contributed by atoms with Crippen molar-refractivity contribution in [2.75, 3.05) is 54.1 Å². The minimum atomic E-state index is -4.20. The molecule has 0 amide bonds. The van der Waals surface area contributed by atoms with E-state index >= 15 is 0 Å². The molecular weight excluding hydrogens is 429 g/mol. The van der Waals surface area contributed by atoms with E-state index in [1.807, 2.05) is 21.1 Å². The van der Waals surface area contributed by atoms with Crippen LogP contribution in [0.15, 0.2) is 12.2 Å². The summed E-state index contributed by atoms with van der Waals surface area (Å²) < 4.78 is 28.1. The summed E-state index contributed by atoms with van der Waals surface area (Å²) in [5.41, 5.74) is 0. The quantitative estimate of drug-likeness (QED) is 0.0874. The van der Waals surface area contributed by atoms with Crippen LogP contribution in [0.1, 0.15) is 84.0 Å². The SMILES string of the molecule is CCCCC=CCCCCCCCCCCOC[C@H](CO)OP(=O)(O)OCC[N+](C)(C)C. The fourth-order valence-corrected chi connectivity index (χ4v) is 3.94. The van der Waals surface area contributed by atoms with Crippen LogP contribution in [0.2, 0.25) is 0 Å². The molecule has 0 aliphatic carbocycles. The van der Waals surface area contributed by atoms with Crippen molar-refractivity contribution in [3.05, 3.63) is 12.2 Å². The Hall–Kier alpha value is -0.270. The van der Waals surface area contributed by atoms with Gasteiger partial charge in [0.1, 0.15) is 19.3 Å². The van der Waals surface area contributed by atoms with Crippen LogP contribution in [0.5, 0.6) is 0 Å². The third-order valence-corrected chi connectivity index (χ3v) is 6.18. The maximum atomic E-state index is 12.0. The smallest absolute Gasteiger partial charge is 0.394 e. The predicted molar refractivity (Wildman–Crippen MR) is 132 cm³/mol. The van der Waals surface area contributed by atoms with Crippen LogP contribution in [-0.2, 0) is 18.3 Å². The highest BCUT2D eigenvalue weighted by atomic mass is 31.2. The van der Waals surface area contributed by atoms with Crippen molar-refractivity contribution in [2.24, 2.45) is 0 Å². The summed E-state index contributed by atoms with van der Waals surface area (Å²) in [6, 6.07) is 0. The Bertz CT molecular complexity index is 495. The van der Waals surface area contributed by atoms with Crippen molar-refractivity contribution in [3.8, 4) is 0 Å². The van der Waals surface area contributed by atoms with E-state index in [0.717, 1.165) is 12.8 Å². The summed E-state index contributed by atoms with van der Waals surface area (Å²) in [6.07, 6.45) is 18.5. The molecule has 0 aliphatic heterocycles. The van der Waals surface area contributed by atoms with Crippen molar-refractivity contribution >= 4 is 7.82 Å². The average Bonchev–Trinajstić information content (AvgIpc) is 2.71. The predicted octanol–water partition coefficient (Wildman–Crippen LogP) is 5.46. The number of likely N-dealkylation sites (N-methyl/N-ethyl adjacent to an activating group) is 1. The van der Waals surface area contributed by atoms with Gasteiger partial charge in [-0.25, -0.2) is 4.57 Å². The topological polar surface area (TPSA) is 85.2 Å². The van der Waals surface area contributed by atoms with Crippen molar-refractivity contribution in [3.63, 3.8) is 0 Å². The summed E-state index contributed by atoms with van der Waals surface area (Å²) in [5.74, 6) is 0. The maximum Gasteiger partial charge on any atom is 0.472 e. The molecule has 0 spiro atoms. The van der Waals surface area contributed by atoms with Crippen molar-refractivity contribution in [1.29, 1.82) is 0 Å². The third kappa shape index (κ3) is 22.9. The number of aliphatic hydroxyl groups excluding tert-OH is 1. The lowest BCUT2D eigenvalue weighted by molar-refractivity contribution is -0.870. The molecule has 32 heavy (non-hydrogen) atoms. The van der Waals surface area contributed by atoms with E-state index in [0.29, 0.717) is 17.6 Å². The number of quaternary nitrogens is 1. The molecule has 2 atom stereocenters. The van der Waals surface area contributed by atoms with Gasteiger partial charge in [0.05, 0.1) is 34.4 Å². The van der Waals surface area contributed by atoms with E-state index in [-0.39, 0.29) is 13.2 Å². The van der Waals surface area contributed by atoms with Crippen LogP contribution in [0, 0.1) is 0 Å². The van der Waals surface area contributed by atoms with Gasteiger partial charge in [-0.05, 0) is 25.7 Å². The van der Waals surface area contributed by atoms with Gasteiger partial charge in [-0.15, -0.1) is 0 Å². The van der Waals surface area contributed by atoms with Crippen molar-refractivity contribution < 1.29 is 32.8 Å². The van der Waals surface area contributed by atoms with E-state index in [1.165, 1.54) is 64.2 Å². The number of allylic oxidation sites excluding steroid dienone is 2. The number of hydrogen-bond acceptors (Lipinski definition) is 5. The van der Waals surface area contributed by atoms with Gasteiger partial charge in [0.25, 0.3) is 0 Å². The Morgan fingerprint density at radius 3 is 2.00 bits per heavy atom. The molecule has 0 aromatic rings. The first kappa shape index (κ1) is 31.7. The van der Waals surface area contributed by atoms with Crippen LogP contribution in [0.4, 0.5) is 0 Å². The Balaban J connectivity index is 3.59. The van der Waals surface area contributed by atoms with Crippen LogP contribution in [0.25, 0.3) is 0 Å². The molecule has 2 N–H and O–H groups in total. The van der Waals surface area contributed by atoms with Gasteiger partial charge in [0.15, 0.2) is 0 Å². The summed E-state index contributed by atoms with van der Waals surface area (Å²) in [5, 5.41) is 9.37. The number of nitrogens with zero attached hydrogens (tertiary/aromatic N) is 1. The lowest BCUT2D eigenvalue weighted by Gasteiger charge is -2.24. The van der Waals surface area contributed by atoms with E-state index in [1.54, 1.807) is 0 Å². The van der Waals surface area contributed by atoms with Crippen molar-refractivity contribution in [1.82, 2.24) is 0 Å². The second-order valence-electron chi connectivity index (χ2n) is 9.53. The maximum absolute atomic E-state index is 12.0. The number of rotatable bonds is 23. The first-order valence-electron chi connectivity index (χ1n) is 12.5. The van der Waals surface area contributed by atoms with E-state index < -0.39 is 20.5 Å². The van der Waals surface area contributed by atoms with Gasteiger partial charge in [0.2, 0.25) is 0 Å². The van der Waals surface area contributed by atoms with Crippen LogP contribution >= 0.6 is 7.82 Å². The number of phosphoric ester groups is 1. The Kier molecular flexibility index (Phi) is 20.0. The van der Waals surface area contributed by atoms with Crippen LogP contribution in [-0.4, -0.2) is 74.7 Å². The minimum Gasteiger partial charge on any atom is -0.394 e. The molecule has 7 nitrogen and oxygen atoms in total. The largest absolute Gasteiger partial charge is 0.472 e. The second-order valence-corrected chi connectivity index (χ2v) is 10.9. The van der Waals surface area contributed by atoms with Crippen molar-refractivity contribution in [2.45, 2.75) is 90.1 Å². The monoisotopic (exact) mass is 480 g/mol. The highest BCUT2D eigenvalue weighted by molar-refractivity contribution is 7.47. The van der Waals surface area contributed by atoms with E-state index in [4.69, 9.17) is 13.8 Å². The van der Waals surface area contributed by atoms with Gasteiger partial charge in [-0.3, -0.25) is 9.05 Å². The lowest BCUT2D eigenvalue weighted by Crippen LogP contribution is -2.37. The molecule has 0 aromatic carbocycles. The number of phosphoric acid groups is 1. The molecule has 1 unspecified atom stereocenters. The molecule has 0 radical (unpaired) electrons. The number of hydrogen-bond donors (Lipinski definition) is 2. The molecule has 0 heterocycles. The molecule has 0 bridgehead atoms. The summed E-state index contributed by atoms with van der Waals surface area (Å²) >= 11 is 0. The highest BCUT2D eigenvalue weighted by Gasteiger charge is 2.27. The normalized spacial score (nSPS) is 15.3.